The lowest BCUT2D eigenvalue weighted by Crippen LogP contribution is -2.43. The highest BCUT2D eigenvalue weighted by molar-refractivity contribution is 7.98. The molecule has 0 aliphatic carbocycles. The summed E-state index contributed by atoms with van der Waals surface area (Å²) in [5.74, 6) is 1.31. The highest BCUT2D eigenvalue weighted by Crippen LogP contribution is 2.25. The van der Waals surface area contributed by atoms with Crippen molar-refractivity contribution in [3.05, 3.63) is 68.4 Å². The zero-order valence-electron chi connectivity index (χ0n) is 16.5. The van der Waals surface area contributed by atoms with Crippen LogP contribution in [0.2, 0.25) is 15.1 Å². The molecule has 1 aliphatic rings. The Balaban J connectivity index is 1.40. The number of nitrogens with zero attached hydrogens (tertiary/aromatic N) is 1. The van der Waals surface area contributed by atoms with Gasteiger partial charge in [0.05, 0.1) is 16.0 Å². The average Bonchev–Trinajstić information content (AvgIpc) is 2.73. The molecule has 3 rings (SSSR count). The molecule has 162 valence electrons. The molecular formula is C22H24Cl3FN2OS. The Bertz CT molecular complexity index is 863. The largest absolute Gasteiger partial charge is 0.355 e. The van der Waals surface area contributed by atoms with Crippen molar-refractivity contribution in [2.24, 2.45) is 5.92 Å². The van der Waals surface area contributed by atoms with Crippen LogP contribution < -0.4 is 5.32 Å². The number of nitrogens with one attached hydrogen (secondary N) is 1. The highest BCUT2D eigenvalue weighted by atomic mass is 35.5. The van der Waals surface area contributed by atoms with Gasteiger partial charge in [-0.2, -0.15) is 11.8 Å². The Kier molecular flexibility index (Phi) is 9.14. The van der Waals surface area contributed by atoms with Gasteiger partial charge in [0.1, 0.15) is 5.82 Å². The number of benzene rings is 2. The molecule has 0 aromatic heterocycles. The lowest BCUT2D eigenvalue weighted by Gasteiger charge is -2.32. The SMILES string of the molecule is O=C(NCCSCc1ccc(Cl)c(Cl)c1)C1CCCN(Cc2c(F)cccc2Cl)C1. The van der Waals surface area contributed by atoms with Crippen LogP contribution in [0.15, 0.2) is 36.4 Å². The molecule has 8 heteroatoms. The standard InChI is InChI=1S/C22H24Cl3FN2OS/c23-18-4-1-5-21(26)17(18)13-28-9-2-3-16(12-28)22(29)27-8-10-30-14-15-6-7-19(24)20(25)11-15/h1,4-7,11,16H,2-3,8-10,12-14H2,(H,27,29). The first-order valence-corrected chi connectivity index (χ1v) is 12.2. The Hall–Kier alpha value is -0.980. The summed E-state index contributed by atoms with van der Waals surface area (Å²) >= 11 is 19.8. The summed E-state index contributed by atoms with van der Waals surface area (Å²) in [6.45, 7) is 2.50. The Morgan fingerprint density at radius 1 is 1.17 bits per heavy atom. The summed E-state index contributed by atoms with van der Waals surface area (Å²) in [5, 5.41) is 4.57. The molecule has 0 bridgehead atoms. The summed E-state index contributed by atoms with van der Waals surface area (Å²) in [4.78, 5) is 14.7. The number of piperidine rings is 1. The number of hydrogen-bond acceptors (Lipinski definition) is 3. The quantitative estimate of drug-likeness (QED) is 0.458. The Morgan fingerprint density at radius 2 is 2.00 bits per heavy atom. The number of halogens is 4. The first-order chi connectivity index (χ1) is 14.4. The first kappa shape index (κ1) is 23.7. The van der Waals surface area contributed by atoms with E-state index in [1.54, 1.807) is 30.0 Å². The van der Waals surface area contributed by atoms with Gasteiger partial charge in [-0.05, 0) is 49.2 Å². The van der Waals surface area contributed by atoms with Crippen molar-refractivity contribution < 1.29 is 9.18 Å². The van der Waals surface area contributed by atoms with Gasteiger partial charge in [0.2, 0.25) is 5.91 Å². The van der Waals surface area contributed by atoms with Crippen molar-refractivity contribution in [2.45, 2.75) is 25.1 Å². The maximum atomic E-state index is 14.1. The molecule has 1 fully saturated rings. The van der Waals surface area contributed by atoms with Gasteiger partial charge in [0, 0.05) is 41.7 Å². The van der Waals surface area contributed by atoms with E-state index in [4.69, 9.17) is 34.8 Å². The molecule has 0 radical (unpaired) electrons. The molecule has 2 aromatic rings. The smallest absolute Gasteiger partial charge is 0.224 e. The fraction of sp³-hybridized carbons (Fsp3) is 0.409. The van der Waals surface area contributed by atoms with Crippen LogP contribution in [0.4, 0.5) is 4.39 Å². The van der Waals surface area contributed by atoms with Crippen LogP contribution in [0.25, 0.3) is 0 Å². The van der Waals surface area contributed by atoms with Crippen LogP contribution >= 0.6 is 46.6 Å². The molecular weight excluding hydrogens is 466 g/mol. The number of rotatable bonds is 8. The Morgan fingerprint density at radius 3 is 2.77 bits per heavy atom. The average molecular weight is 490 g/mol. The topological polar surface area (TPSA) is 32.3 Å². The number of thioether (sulfide) groups is 1. The third-order valence-corrected chi connectivity index (χ3v) is 7.24. The molecule has 0 saturated carbocycles. The molecule has 0 spiro atoms. The van der Waals surface area contributed by atoms with Crippen molar-refractivity contribution in [1.29, 1.82) is 0 Å². The van der Waals surface area contributed by atoms with Gasteiger partial charge in [0.25, 0.3) is 0 Å². The highest BCUT2D eigenvalue weighted by Gasteiger charge is 2.26. The van der Waals surface area contributed by atoms with E-state index in [0.717, 1.165) is 36.5 Å². The summed E-state index contributed by atoms with van der Waals surface area (Å²) in [5.41, 5.74) is 1.61. The maximum Gasteiger partial charge on any atom is 0.224 e. The minimum Gasteiger partial charge on any atom is -0.355 e. The van der Waals surface area contributed by atoms with E-state index in [1.165, 1.54) is 6.07 Å². The van der Waals surface area contributed by atoms with E-state index < -0.39 is 0 Å². The zero-order valence-corrected chi connectivity index (χ0v) is 19.6. The predicted octanol–water partition coefficient (Wildman–Crippen LogP) is 6.05. The molecule has 30 heavy (non-hydrogen) atoms. The van der Waals surface area contributed by atoms with Crippen LogP contribution in [-0.4, -0.2) is 36.2 Å². The molecule has 1 unspecified atom stereocenters. The fourth-order valence-corrected chi connectivity index (χ4v) is 4.88. The minimum atomic E-state index is -0.298. The van der Waals surface area contributed by atoms with Crippen LogP contribution in [0.1, 0.15) is 24.0 Å². The number of likely N-dealkylation sites (tertiary alicyclic amines) is 1. The molecule has 2 aromatic carbocycles. The van der Waals surface area contributed by atoms with Crippen molar-refractivity contribution in [3.63, 3.8) is 0 Å². The molecule has 1 saturated heterocycles. The Labute approximate surface area is 196 Å². The third-order valence-electron chi connectivity index (χ3n) is 5.12. The van der Waals surface area contributed by atoms with Crippen molar-refractivity contribution >= 4 is 52.5 Å². The van der Waals surface area contributed by atoms with Crippen molar-refractivity contribution in [1.82, 2.24) is 10.2 Å². The van der Waals surface area contributed by atoms with E-state index in [-0.39, 0.29) is 17.6 Å². The van der Waals surface area contributed by atoms with Crippen LogP contribution in [0.3, 0.4) is 0 Å². The molecule has 1 amide bonds. The second kappa shape index (κ2) is 11.6. The van der Waals surface area contributed by atoms with E-state index in [0.29, 0.717) is 40.3 Å². The molecule has 1 atom stereocenters. The lowest BCUT2D eigenvalue weighted by molar-refractivity contribution is -0.126. The van der Waals surface area contributed by atoms with Crippen LogP contribution in [-0.2, 0) is 17.1 Å². The summed E-state index contributed by atoms with van der Waals surface area (Å²) in [7, 11) is 0. The molecule has 1 heterocycles. The number of hydrogen-bond donors (Lipinski definition) is 1. The van der Waals surface area contributed by atoms with E-state index in [9.17, 15) is 9.18 Å². The van der Waals surface area contributed by atoms with Gasteiger partial charge in [-0.3, -0.25) is 9.69 Å². The van der Waals surface area contributed by atoms with Gasteiger partial charge in [-0.1, -0.05) is 46.9 Å². The van der Waals surface area contributed by atoms with E-state index in [1.807, 2.05) is 12.1 Å². The van der Waals surface area contributed by atoms with E-state index in [2.05, 4.69) is 10.2 Å². The van der Waals surface area contributed by atoms with Crippen LogP contribution in [0, 0.1) is 11.7 Å². The minimum absolute atomic E-state index is 0.0643. The number of carbonyl (C=O) groups excluding carboxylic acids is 1. The van der Waals surface area contributed by atoms with Gasteiger partial charge in [0.15, 0.2) is 0 Å². The van der Waals surface area contributed by atoms with Crippen molar-refractivity contribution in [3.8, 4) is 0 Å². The maximum absolute atomic E-state index is 14.1. The van der Waals surface area contributed by atoms with E-state index >= 15 is 0 Å². The monoisotopic (exact) mass is 488 g/mol. The summed E-state index contributed by atoms with van der Waals surface area (Å²) < 4.78 is 14.1. The second-order valence-corrected chi connectivity index (χ2v) is 9.69. The number of amides is 1. The molecule has 1 N–H and O–H groups in total. The molecule has 1 aliphatic heterocycles. The van der Waals surface area contributed by atoms with Gasteiger partial charge in [-0.25, -0.2) is 4.39 Å². The summed E-state index contributed by atoms with van der Waals surface area (Å²) in [6, 6.07) is 10.3. The normalized spacial score (nSPS) is 17.1. The molecule has 3 nitrogen and oxygen atoms in total. The van der Waals surface area contributed by atoms with Gasteiger partial charge < -0.3 is 5.32 Å². The van der Waals surface area contributed by atoms with Crippen LogP contribution in [0.5, 0.6) is 0 Å². The fourth-order valence-electron chi connectivity index (χ4n) is 3.53. The summed E-state index contributed by atoms with van der Waals surface area (Å²) in [6.07, 6.45) is 1.76. The third kappa shape index (κ3) is 6.76. The van der Waals surface area contributed by atoms with Gasteiger partial charge in [-0.15, -0.1) is 0 Å². The zero-order chi connectivity index (χ0) is 21.5. The first-order valence-electron chi connectivity index (χ1n) is 9.88. The lowest BCUT2D eigenvalue weighted by atomic mass is 9.96. The second-order valence-electron chi connectivity index (χ2n) is 7.37. The number of carbonyl (C=O) groups is 1. The van der Waals surface area contributed by atoms with Gasteiger partial charge >= 0.3 is 0 Å². The van der Waals surface area contributed by atoms with Crippen molar-refractivity contribution in [2.75, 3.05) is 25.4 Å². The predicted molar refractivity (Wildman–Crippen MR) is 125 cm³/mol.